The predicted octanol–water partition coefficient (Wildman–Crippen LogP) is 8.20. The molecule has 0 N–H and O–H groups in total. The van der Waals surface area contributed by atoms with Crippen LogP contribution < -0.4 is 4.74 Å². The molecule has 1 aliphatic rings. The lowest BCUT2D eigenvalue weighted by atomic mass is 9.96. The number of hydrogen-bond donors (Lipinski definition) is 0. The Bertz CT molecular complexity index is 1470. The minimum Gasteiger partial charge on any atom is -0.462 e. The summed E-state index contributed by atoms with van der Waals surface area (Å²) in [5, 5.41) is 0. The second kappa shape index (κ2) is 18.3. The SMILES string of the molecule is CCOP(=O)(CC[C@H]1O[C@H](Oc2ccccc2)[C@@H](OCc2ccccc2)[C@@H](OCc2ccccc2)[C@@H]1OCc1ccccc1)OCC. The molecule has 4 aromatic rings. The molecule has 0 unspecified atom stereocenters. The lowest BCUT2D eigenvalue weighted by Gasteiger charge is -2.46. The maximum absolute atomic E-state index is 13.6. The zero-order valence-electron chi connectivity index (χ0n) is 27.1. The van der Waals surface area contributed by atoms with Gasteiger partial charge in [-0.3, -0.25) is 4.57 Å². The van der Waals surface area contributed by atoms with Gasteiger partial charge in [-0.1, -0.05) is 109 Å². The van der Waals surface area contributed by atoms with Crippen molar-refractivity contribution in [2.75, 3.05) is 19.4 Å². The van der Waals surface area contributed by atoms with Crippen LogP contribution in [0.5, 0.6) is 5.75 Å². The lowest BCUT2D eigenvalue weighted by Crippen LogP contribution is -2.61. The molecule has 1 saturated heterocycles. The third-order valence-electron chi connectivity index (χ3n) is 7.78. The summed E-state index contributed by atoms with van der Waals surface area (Å²) in [6.07, 6.45) is -2.88. The number of benzene rings is 4. The highest BCUT2D eigenvalue weighted by Crippen LogP contribution is 2.49. The summed E-state index contributed by atoms with van der Waals surface area (Å²) in [6.45, 7) is 5.11. The van der Waals surface area contributed by atoms with E-state index >= 15 is 0 Å². The molecule has 47 heavy (non-hydrogen) atoms. The summed E-state index contributed by atoms with van der Waals surface area (Å²) in [4.78, 5) is 0. The van der Waals surface area contributed by atoms with Gasteiger partial charge in [0.25, 0.3) is 0 Å². The summed E-state index contributed by atoms with van der Waals surface area (Å²) in [6, 6.07) is 39.4. The van der Waals surface area contributed by atoms with Crippen molar-refractivity contribution in [1.82, 2.24) is 0 Å². The average Bonchev–Trinajstić information content (AvgIpc) is 3.11. The average molecular weight is 661 g/mol. The Morgan fingerprint density at radius 3 is 1.47 bits per heavy atom. The van der Waals surface area contributed by atoms with Gasteiger partial charge in [0.1, 0.15) is 24.1 Å². The minimum absolute atomic E-state index is 0.142. The van der Waals surface area contributed by atoms with E-state index in [-0.39, 0.29) is 19.4 Å². The Kier molecular flexibility index (Phi) is 13.6. The van der Waals surface area contributed by atoms with Crippen LogP contribution >= 0.6 is 7.60 Å². The molecular weight excluding hydrogens is 615 g/mol. The van der Waals surface area contributed by atoms with Crippen LogP contribution in [0.1, 0.15) is 37.0 Å². The van der Waals surface area contributed by atoms with Gasteiger partial charge in [-0.05, 0) is 49.1 Å². The predicted molar refractivity (Wildman–Crippen MR) is 181 cm³/mol. The number of ether oxygens (including phenoxy) is 5. The molecule has 0 bridgehead atoms. The minimum atomic E-state index is -3.38. The van der Waals surface area contributed by atoms with Crippen molar-refractivity contribution >= 4 is 7.60 Å². The Hall–Kier alpha value is -3.33. The van der Waals surface area contributed by atoms with Gasteiger partial charge in [-0.2, -0.15) is 0 Å². The maximum Gasteiger partial charge on any atom is 0.330 e. The molecule has 5 rings (SSSR count). The van der Waals surface area contributed by atoms with Crippen molar-refractivity contribution in [3.05, 3.63) is 138 Å². The summed E-state index contributed by atoms with van der Waals surface area (Å²) >= 11 is 0. The van der Waals surface area contributed by atoms with Crippen LogP contribution in [0.2, 0.25) is 0 Å². The van der Waals surface area contributed by atoms with Crippen LogP contribution in [-0.2, 0) is 52.4 Å². The summed E-state index contributed by atoms with van der Waals surface area (Å²) in [5.74, 6) is 0.629. The molecule has 8 nitrogen and oxygen atoms in total. The lowest BCUT2D eigenvalue weighted by molar-refractivity contribution is -0.304. The fourth-order valence-electron chi connectivity index (χ4n) is 5.55. The van der Waals surface area contributed by atoms with E-state index in [1.54, 1.807) is 13.8 Å². The van der Waals surface area contributed by atoms with Crippen LogP contribution in [0.3, 0.4) is 0 Å². The van der Waals surface area contributed by atoms with Gasteiger partial charge < -0.3 is 32.7 Å². The van der Waals surface area contributed by atoms with Crippen molar-refractivity contribution < 1.29 is 37.3 Å². The van der Waals surface area contributed by atoms with Crippen molar-refractivity contribution in [3.8, 4) is 5.75 Å². The third kappa shape index (κ3) is 10.6. The maximum atomic E-state index is 13.6. The van der Waals surface area contributed by atoms with Crippen LogP contribution in [0.15, 0.2) is 121 Å². The first-order valence-corrected chi connectivity index (χ1v) is 18.0. The van der Waals surface area contributed by atoms with E-state index in [0.717, 1.165) is 16.7 Å². The molecule has 0 spiro atoms. The zero-order chi connectivity index (χ0) is 32.7. The van der Waals surface area contributed by atoms with Crippen molar-refractivity contribution in [2.24, 2.45) is 0 Å². The van der Waals surface area contributed by atoms with E-state index in [9.17, 15) is 4.57 Å². The van der Waals surface area contributed by atoms with Gasteiger partial charge in [-0.25, -0.2) is 0 Å². The van der Waals surface area contributed by atoms with Gasteiger partial charge in [0.05, 0.1) is 45.3 Å². The molecule has 4 aromatic carbocycles. The number of para-hydroxylation sites is 1. The molecule has 1 aliphatic heterocycles. The standard InChI is InChI=1S/C38H45O8P/c1-3-43-47(39,44-4-2)26-25-34-35(40-27-30-17-9-5-10-18-30)36(41-28-31-19-11-6-12-20-31)37(42-29-32-21-13-7-14-22-32)38(46-34)45-33-23-15-8-16-24-33/h5-24,34-38H,3-4,25-29H2,1-2H3/t34-,35-,36+,37+,38+/m1/s1. The Morgan fingerprint density at radius 2 is 1.00 bits per heavy atom. The molecule has 0 aromatic heterocycles. The molecule has 0 saturated carbocycles. The smallest absolute Gasteiger partial charge is 0.330 e. The highest BCUT2D eigenvalue weighted by atomic mass is 31.2. The van der Waals surface area contributed by atoms with Gasteiger partial charge >= 0.3 is 7.60 Å². The topological polar surface area (TPSA) is 81.7 Å². The second-order valence-corrected chi connectivity index (χ2v) is 13.4. The highest BCUT2D eigenvalue weighted by Gasteiger charge is 2.50. The van der Waals surface area contributed by atoms with Crippen LogP contribution in [0.25, 0.3) is 0 Å². The van der Waals surface area contributed by atoms with E-state index in [0.29, 0.717) is 32.0 Å². The van der Waals surface area contributed by atoms with Crippen LogP contribution in [-0.4, -0.2) is 50.1 Å². The van der Waals surface area contributed by atoms with Gasteiger partial charge in [-0.15, -0.1) is 0 Å². The van der Waals surface area contributed by atoms with Crippen molar-refractivity contribution in [3.63, 3.8) is 0 Å². The first kappa shape index (κ1) is 35.0. The van der Waals surface area contributed by atoms with E-state index in [2.05, 4.69) is 0 Å². The zero-order valence-corrected chi connectivity index (χ0v) is 28.0. The summed E-state index contributed by atoms with van der Waals surface area (Å²) < 4.78 is 58.2. The molecule has 9 heteroatoms. The van der Waals surface area contributed by atoms with Crippen molar-refractivity contribution in [1.29, 1.82) is 0 Å². The molecule has 0 amide bonds. The van der Waals surface area contributed by atoms with Gasteiger partial charge in [0.2, 0.25) is 6.29 Å². The molecule has 0 aliphatic carbocycles. The fourth-order valence-corrected chi connectivity index (χ4v) is 7.24. The highest BCUT2D eigenvalue weighted by molar-refractivity contribution is 7.53. The Balaban J connectivity index is 1.50. The molecule has 1 heterocycles. The van der Waals surface area contributed by atoms with Gasteiger partial charge in [0.15, 0.2) is 0 Å². The van der Waals surface area contributed by atoms with E-state index < -0.39 is 38.3 Å². The summed E-state index contributed by atoms with van der Waals surface area (Å²) in [7, 11) is -3.38. The third-order valence-corrected chi connectivity index (χ3v) is 9.89. The first-order valence-electron chi connectivity index (χ1n) is 16.3. The Morgan fingerprint density at radius 1 is 0.574 bits per heavy atom. The number of rotatable bonds is 18. The molecule has 5 atom stereocenters. The molecule has 0 radical (unpaired) electrons. The molecule has 1 fully saturated rings. The normalized spacial score (nSPS) is 21.4. The van der Waals surface area contributed by atoms with E-state index in [4.69, 9.17) is 32.7 Å². The molecule has 250 valence electrons. The van der Waals surface area contributed by atoms with Crippen molar-refractivity contribution in [2.45, 2.75) is 70.8 Å². The molecular formula is C38H45O8P. The van der Waals surface area contributed by atoms with Gasteiger partial charge in [0, 0.05) is 0 Å². The summed E-state index contributed by atoms with van der Waals surface area (Å²) in [5.41, 5.74) is 3.02. The first-order chi connectivity index (χ1) is 23.1. The quantitative estimate of drug-likeness (QED) is 0.0989. The fraction of sp³-hybridized carbons (Fsp3) is 0.368. The van der Waals surface area contributed by atoms with E-state index in [1.165, 1.54) is 0 Å². The van der Waals surface area contributed by atoms with E-state index in [1.807, 2.05) is 121 Å². The number of hydrogen-bond acceptors (Lipinski definition) is 8. The Labute approximate surface area is 278 Å². The monoisotopic (exact) mass is 660 g/mol. The van der Waals surface area contributed by atoms with Crippen LogP contribution in [0.4, 0.5) is 0 Å². The second-order valence-electron chi connectivity index (χ2n) is 11.2. The largest absolute Gasteiger partial charge is 0.462 e. The van der Waals surface area contributed by atoms with Crippen LogP contribution in [0, 0.1) is 0 Å².